The molecule has 5 unspecified atom stereocenters. The molecule has 0 saturated heterocycles. The Hall–Kier alpha value is -1.96. The smallest absolute Gasteiger partial charge is 0.316 e. The highest BCUT2D eigenvalue weighted by Gasteiger charge is 2.45. The van der Waals surface area contributed by atoms with Crippen molar-refractivity contribution in [2.24, 2.45) is 40.7 Å². The molecule has 12 heteroatoms. The van der Waals surface area contributed by atoms with Crippen LogP contribution in [0.2, 0.25) is 0 Å². The average Bonchev–Trinajstić information content (AvgIpc) is 2.73. The quantitative estimate of drug-likeness (QED) is 0.120. The Bertz CT molecular complexity index is 716. The van der Waals surface area contributed by atoms with Gasteiger partial charge in [-0.1, -0.05) is 27.7 Å². The van der Waals surface area contributed by atoms with Crippen LogP contribution in [0.25, 0.3) is 0 Å². The predicted octanol–water partition coefficient (Wildman–Crippen LogP) is -1.47. The van der Waals surface area contributed by atoms with Crippen LogP contribution in [0.15, 0.2) is 0 Å². The average molecular weight is 504 g/mol. The number of nitrogens with zero attached hydrogens (tertiary/aromatic N) is 1. The molecule has 7 atom stereocenters. The maximum absolute atomic E-state index is 13.3. The van der Waals surface area contributed by atoms with Crippen molar-refractivity contribution in [3.05, 3.63) is 0 Å². The van der Waals surface area contributed by atoms with Gasteiger partial charge in [0.15, 0.2) is 5.78 Å². The fraction of sp³-hybridized carbons (Fsp3) is 0.826. The summed E-state index contributed by atoms with van der Waals surface area (Å²) < 4.78 is 0. The van der Waals surface area contributed by atoms with Crippen molar-refractivity contribution in [2.45, 2.75) is 96.6 Å². The Kier molecular flexibility index (Phi) is 14.4. The first kappa shape index (κ1) is 33.0. The normalized spacial score (nSPS) is 17.9. The summed E-state index contributed by atoms with van der Waals surface area (Å²) in [6.45, 7) is 7.74. The number of carbonyl (C=O) groups is 4. The number of carbonyl (C=O) groups excluding carboxylic acids is 3. The molecule has 2 amide bonds. The van der Waals surface area contributed by atoms with Gasteiger partial charge in [0.2, 0.25) is 11.8 Å². The maximum Gasteiger partial charge on any atom is 0.316 e. The van der Waals surface area contributed by atoms with Gasteiger partial charge in [0.25, 0.3) is 0 Å². The van der Waals surface area contributed by atoms with Gasteiger partial charge in [-0.25, -0.2) is 0 Å². The number of carboxylic acid groups (broad SMARTS) is 1. The van der Waals surface area contributed by atoms with E-state index in [1.54, 1.807) is 20.8 Å². The molecular formula is C23H45N5O7. The first-order valence-corrected chi connectivity index (χ1v) is 12.0. The van der Waals surface area contributed by atoms with Gasteiger partial charge in [-0.2, -0.15) is 0 Å². The van der Waals surface area contributed by atoms with Gasteiger partial charge in [0.05, 0.1) is 18.8 Å². The standard InChI is InChI=1S/C23H45N5O7/c1-11(2)8-14(25)6-7-17(30)28(22(33)19(27)12(3)4)16(10-29)21(32)18(23(34)35)20(31)15(26)9-13(5)24/h11-16,18-20,29,31H,6-10,24-27H2,1-5H3,(H,34,35)/t13?,14?,15?,16-,18?,19-,20?/m0/s1. The van der Waals surface area contributed by atoms with Gasteiger partial charge in [-0.05, 0) is 38.0 Å². The molecule has 0 aromatic heterocycles. The lowest BCUT2D eigenvalue weighted by Gasteiger charge is -2.34. The fourth-order valence-corrected chi connectivity index (χ4v) is 3.81. The van der Waals surface area contributed by atoms with Gasteiger partial charge in [0, 0.05) is 24.5 Å². The molecule has 12 nitrogen and oxygen atoms in total. The van der Waals surface area contributed by atoms with Crippen molar-refractivity contribution in [1.82, 2.24) is 4.90 Å². The third-order valence-electron chi connectivity index (χ3n) is 5.82. The second kappa shape index (κ2) is 15.2. The van der Waals surface area contributed by atoms with Crippen molar-refractivity contribution < 1.29 is 34.5 Å². The van der Waals surface area contributed by atoms with Crippen LogP contribution in [-0.2, 0) is 19.2 Å². The van der Waals surface area contributed by atoms with E-state index in [1.165, 1.54) is 0 Å². The van der Waals surface area contributed by atoms with Gasteiger partial charge in [-0.3, -0.25) is 24.1 Å². The first-order chi connectivity index (χ1) is 16.1. The summed E-state index contributed by atoms with van der Waals surface area (Å²) in [4.78, 5) is 52.0. The lowest BCUT2D eigenvalue weighted by molar-refractivity contribution is -0.162. The highest BCUT2D eigenvalue weighted by molar-refractivity contribution is 6.07. The van der Waals surface area contributed by atoms with Crippen LogP contribution in [0, 0.1) is 17.8 Å². The van der Waals surface area contributed by atoms with Crippen LogP contribution in [-0.4, -0.2) is 86.7 Å². The highest BCUT2D eigenvalue weighted by atomic mass is 16.4. The molecule has 0 radical (unpaired) electrons. The number of aliphatic hydroxyl groups excluding tert-OH is 2. The number of hydrogen-bond donors (Lipinski definition) is 7. The van der Waals surface area contributed by atoms with Crippen LogP contribution < -0.4 is 22.9 Å². The van der Waals surface area contributed by atoms with E-state index >= 15 is 0 Å². The Morgan fingerprint density at radius 1 is 0.914 bits per heavy atom. The largest absolute Gasteiger partial charge is 0.481 e. The second-order valence-electron chi connectivity index (χ2n) is 10.1. The molecule has 0 aliphatic carbocycles. The van der Waals surface area contributed by atoms with Gasteiger partial charge in [-0.15, -0.1) is 0 Å². The number of carboxylic acids is 1. The van der Waals surface area contributed by atoms with Crippen LogP contribution in [0.3, 0.4) is 0 Å². The molecule has 11 N–H and O–H groups in total. The number of nitrogens with two attached hydrogens (primary N) is 4. The molecule has 204 valence electrons. The third kappa shape index (κ3) is 10.3. The number of aliphatic carboxylic acids is 1. The summed E-state index contributed by atoms with van der Waals surface area (Å²) >= 11 is 0. The van der Waals surface area contributed by atoms with Crippen molar-refractivity contribution in [1.29, 1.82) is 0 Å². The second-order valence-corrected chi connectivity index (χ2v) is 10.1. The molecule has 0 saturated carbocycles. The molecular weight excluding hydrogens is 458 g/mol. The van der Waals surface area contributed by atoms with Crippen molar-refractivity contribution in [2.75, 3.05) is 6.61 Å². The van der Waals surface area contributed by atoms with Crippen LogP contribution in [0.1, 0.15) is 60.3 Å². The molecule has 0 spiro atoms. The summed E-state index contributed by atoms with van der Waals surface area (Å²) in [5.41, 5.74) is 23.5. The molecule has 0 aromatic rings. The summed E-state index contributed by atoms with van der Waals surface area (Å²) in [6.07, 6.45) is -1.26. The molecule has 0 aliphatic rings. The summed E-state index contributed by atoms with van der Waals surface area (Å²) in [6, 6.07) is -5.08. The predicted molar refractivity (Wildman–Crippen MR) is 131 cm³/mol. The number of hydrogen-bond acceptors (Lipinski definition) is 10. The number of amides is 2. The number of aliphatic hydroxyl groups is 2. The minimum Gasteiger partial charge on any atom is -0.481 e. The molecule has 0 bridgehead atoms. The lowest BCUT2D eigenvalue weighted by atomic mass is 9.86. The van der Waals surface area contributed by atoms with Crippen LogP contribution in [0.5, 0.6) is 0 Å². The van der Waals surface area contributed by atoms with E-state index in [4.69, 9.17) is 22.9 Å². The number of imide groups is 1. The molecule has 0 heterocycles. The Balaban J connectivity index is 6.16. The van der Waals surface area contributed by atoms with Gasteiger partial charge >= 0.3 is 5.97 Å². The lowest BCUT2D eigenvalue weighted by Crippen LogP contribution is -2.60. The van der Waals surface area contributed by atoms with Crippen molar-refractivity contribution in [3.8, 4) is 0 Å². The number of Topliss-reactive ketones (excluding diaryl/α,β-unsaturated/α-hetero) is 1. The van der Waals surface area contributed by atoms with E-state index in [2.05, 4.69) is 0 Å². The summed E-state index contributed by atoms with van der Waals surface area (Å²) in [7, 11) is 0. The van der Waals surface area contributed by atoms with E-state index in [9.17, 15) is 34.5 Å². The third-order valence-corrected chi connectivity index (χ3v) is 5.82. The fourth-order valence-electron chi connectivity index (χ4n) is 3.81. The maximum atomic E-state index is 13.3. The number of ketones is 1. The van der Waals surface area contributed by atoms with E-state index in [1.807, 2.05) is 13.8 Å². The van der Waals surface area contributed by atoms with E-state index in [0.717, 1.165) is 0 Å². The molecule has 35 heavy (non-hydrogen) atoms. The molecule has 0 aromatic carbocycles. The van der Waals surface area contributed by atoms with Gasteiger partial charge < -0.3 is 38.3 Å². The number of rotatable bonds is 16. The summed E-state index contributed by atoms with van der Waals surface area (Å²) in [5.74, 6) is -6.97. The molecule has 0 aliphatic heterocycles. The Labute approximate surface area is 207 Å². The zero-order valence-corrected chi connectivity index (χ0v) is 21.5. The highest BCUT2D eigenvalue weighted by Crippen LogP contribution is 2.20. The van der Waals surface area contributed by atoms with Gasteiger partial charge in [0.1, 0.15) is 12.0 Å². The van der Waals surface area contributed by atoms with Crippen molar-refractivity contribution in [3.63, 3.8) is 0 Å². The minimum atomic E-state index is -2.11. The SMILES string of the molecule is CC(C)CC(N)CCC(=O)N(C(=O)[C@@H](N)C(C)C)[C@@H](CO)C(=O)C(C(=O)O)C(O)C(N)CC(C)N. The zero-order chi connectivity index (χ0) is 27.6. The molecule has 0 fully saturated rings. The minimum absolute atomic E-state index is 0.00948. The zero-order valence-electron chi connectivity index (χ0n) is 21.5. The summed E-state index contributed by atoms with van der Waals surface area (Å²) in [5, 5.41) is 30.2. The first-order valence-electron chi connectivity index (χ1n) is 12.0. The topological polar surface area (TPSA) is 236 Å². The van der Waals surface area contributed by atoms with E-state index < -0.39 is 72.3 Å². The Morgan fingerprint density at radius 3 is 1.86 bits per heavy atom. The van der Waals surface area contributed by atoms with Crippen LogP contribution >= 0.6 is 0 Å². The Morgan fingerprint density at radius 2 is 1.46 bits per heavy atom. The van der Waals surface area contributed by atoms with E-state index in [-0.39, 0.29) is 31.2 Å². The molecule has 0 rings (SSSR count). The van der Waals surface area contributed by atoms with Crippen molar-refractivity contribution >= 4 is 23.6 Å². The van der Waals surface area contributed by atoms with Crippen LogP contribution in [0.4, 0.5) is 0 Å². The monoisotopic (exact) mass is 503 g/mol. The van der Waals surface area contributed by atoms with E-state index in [0.29, 0.717) is 11.3 Å².